The molecule has 6 N–H and O–H groups in total. The Hall–Kier alpha value is -4.02. The van der Waals surface area contributed by atoms with Crippen LogP contribution < -0.4 is 21.3 Å². The fourth-order valence-corrected chi connectivity index (χ4v) is 4.59. The van der Waals surface area contributed by atoms with E-state index in [1.165, 1.54) is 0 Å². The van der Waals surface area contributed by atoms with E-state index in [1.807, 2.05) is 60.7 Å². The molecule has 0 aliphatic carbocycles. The van der Waals surface area contributed by atoms with Gasteiger partial charge in [-0.05, 0) is 73.7 Å². The van der Waals surface area contributed by atoms with Gasteiger partial charge in [0.15, 0.2) is 10.2 Å². The van der Waals surface area contributed by atoms with E-state index < -0.39 is 0 Å². The number of benzene rings is 3. The number of hydrogen-bond acceptors (Lipinski definition) is 4. The summed E-state index contributed by atoms with van der Waals surface area (Å²) in [4.78, 5) is 16.7. The van der Waals surface area contributed by atoms with Gasteiger partial charge in [0.1, 0.15) is 11.6 Å². The van der Waals surface area contributed by atoms with E-state index >= 15 is 0 Å². The lowest BCUT2D eigenvalue weighted by Crippen LogP contribution is -2.28. The SMILES string of the molecule is CCCNC(=S)Nc1ccc2nc(-c3ccccc3-c3nc4ccc(NC(=S)NCCC)cc4[nH]3)[nH]c2c1. The number of aromatic nitrogens is 4. The highest BCUT2D eigenvalue weighted by Crippen LogP contribution is 2.32. The minimum Gasteiger partial charge on any atom is -0.362 e. The zero-order valence-electron chi connectivity index (χ0n) is 21.3. The summed E-state index contributed by atoms with van der Waals surface area (Å²) in [6.45, 7) is 5.88. The van der Waals surface area contributed by atoms with Crippen LogP contribution in [0.4, 0.5) is 11.4 Å². The molecular formula is C28H30N8S2. The Morgan fingerprint density at radius 1 is 0.684 bits per heavy atom. The van der Waals surface area contributed by atoms with Crippen molar-refractivity contribution in [1.29, 1.82) is 0 Å². The lowest BCUT2D eigenvalue weighted by Gasteiger charge is -2.09. The second-order valence-corrected chi connectivity index (χ2v) is 9.76. The Labute approximate surface area is 232 Å². The van der Waals surface area contributed by atoms with Gasteiger partial charge >= 0.3 is 0 Å². The topological polar surface area (TPSA) is 105 Å². The fourth-order valence-electron chi connectivity index (χ4n) is 4.15. The number of thiocarbonyl (C=S) groups is 2. The zero-order valence-corrected chi connectivity index (χ0v) is 22.9. The van der Waals surface area contributed by atoms with Crippen LogP contribution in [0, 0.1) is 0 Å². The van der Waals surface area contributed by atoms with Crippen molar-refractivity contribution in [3.63, 3.8) is 0 Å². The van der Waals surface area contributed by atoms with Crippen LogP contribution in [0.1, 0.15) is 26.7 Å². The Balaban J connectivity index is 1.42. The van der Waals surface area contributed by atoms with Gasteiger partial charge in [-0.3, -0.25) is 0 Å². The van der Waals surface area contributed by atoms with Crippen LogP contribution in [0.15, 0.2) is 60.7 Å². The fraction of sp³-hybridized carbons (Fsp3) is 0.214. The third-order valence-electron chi connectivity index (χ3n) is 5.99. The van der Waals surface area contributed by atoms with Crippen LogP contribution in [0.5, 0.6) is 0 Å². The molecule has 8 nitrogen and oxygen atoms in total. The third-order valence-corrected chi connectivity index (χ3v) is 6.48. The summed E-state index contributed by atoms with van der Waals surface area (Å²) < 4.78 is 0. The van der Waals surface area contributed by atoms with Crippen molar-refractivity contribution >= 4 is 68.1 Å². The molecule has 0 amide bonds. The van der Waals surface area contributed by atoms with Crippen molar-refractivity contribution in [3.05, 3.63) is 60.7 Å². The molecule has 2 heterocycles. The summed E-state index contributed by atoms with van der Waals surface area (Å²) in [6.07, 6.45) is 2.02. The molecule has 0 fully saturated rings. The molecule has 2 aromatic heterocycles. The van der Waals surface area contributed by atoms with Crippen LogP contribution in [-0.2, 0) is 0 Å². The molecule has 0 radical (unpaired) electrons. The first kappa shape index (κ1) is 25.6. The van der Waals surface area contributed by atoms with Crippen LogP contribution in [0.25, 0.3) is 44.8 Å². The maximum atomic E-state index is 5.38. The molecule has 0 spiro atoms. The third kappa shape index (κ3) is 5.76. The van der Waals surface area contributed by atoms with Crippen LogP contribution in [0.3, 0.4) is 0 Å². The lowest BCUT2D eigenvalue weighted by atomic mass is 10.1. The second-order valence-electron chi connectivity index (χ2n) is 8.94. The van der Waals surface area contributed by atoms with Crippen molar-refractivity contribution in [3.8, 4) is 22.8 Å². The van der Waals surface area contributed by atoms with Crippen molar-refractivity contribution in [1.82, 2.24) is 30.6 Å². The zero-order chi connectivity index (χ0) is 26.5. The normalized spacial score (nSPS) is 11.0. The minimum absolute atomic E-state index is 0.610. The number of anilines is 2. The predicted molar refractivity (Wildman–Crippen MR) is 166 cm³/mol. The van der Waals surface area contributed by atoms with E-state index in [-0.39, 0.29) is 0 Å². The van der Waals surface area contributed by atoms with Gasteiger partial charge in [0.2, 0.25) is 0 Å². The molecule has 194 valence electrons. The first-order valence-electron chi connectivity index (χ1n) is 12.7. The summed E-state index contributed by atoms with van der Waals surface area (Å²) in [5.41, 5.74) is 7.32. The Morgan fingerprint density at radius 2 is 1.13 bits per heavy atom. The summed E-state index contributed by atoms with van der Waals surface area (Å²) in [5, 5.41) is 14.1. The van der Waals surface area contributed by atoms with E-state index in [4.69, 9.17) is 34.4 Å². The van der Waals surface area contributed by atoms with Gasteiger partial charge in [0.05, 0.1) is 22.1 Å². The molecule has 0 bridgehead atoms. The number of rotatable bonds is 8. The average Bonchev–Trinajstić information content (AvgIpc) is 3.54. The first-order chi connectivity index (χ1) is 18.5. The summed E-state index contributed by atoms with van der Waals surface area (Å²) in [7, 11) is 0. The smallest absolute Gasteiger partial charge is 0.170 e. The maximum absolute atomic E-state index is 5.38. The highest BCUT2D eigenvalue weighted by Gasteiger charge is 2.15. The van der Waals surface area contributed by atoms with E-state index in [1.54, 1.807) is 0 Å². The van der Waals surface area contributed by atoms with E-state index in [0.29, 0.717) is 10.2 Å². The monoisotopic (exact) mass is 542 g/mol. The van der Waals surface area contributed by atoms with Crippen molar-refractivity contribution in [2.45, 2.75) is 26.7 Å². The summed E-state index contributed by atoms with van der Waals surface area (Å²) in [5.74, 6) is 1.55. The van der Waals surface area contributed by atoms with Crippen molar-refractivity contribution in [2.24, 2.45) is 0 Å². The molecule has 0 saturated carbocycles. The number of aromatic amines is 2. The van der Waals surface area contributed by atoms with Gasteiger partial charge in [-0.1, -0.05) is 38.1 Å². The van der Waals surface area contributed by atoms with E-state index in [0.717, 1.165) is 82.1 Å². The molecule has 0 unspecified atom stereocenters. The van der Waals surface area contributed by atoms with E-state index in [2.05, 4.69) is 45.1 Å². The lowest BCUT2D eigenvalue weighted by molar-refractivity contribution is 0.846. The molecule has 3 aromatic carbocycles. The molecule has 0 atom stereocenters. The molecule has 10 heteroatoms. The highest BCUT2D eigenvalue weighted by molar-refractivity contribution is 7.80. The number of imidazole rings is 2. The summed E-state index contributed by atoms with van der Waals surface area (Å²) in [6, 6.07) is 20.1. The van der Waals surface area contributed by atoms with Gasteiger partial charge in [0.25, 0.3) is 0 Å². The van der Waals surface area contributed by atoms with Gasteiger partial charge in [-0.25, -0.2) is 9.97 Å². The predicted octanol–water partition coefficient (Wildman–Crippen LogP) is 6.17. The number of nitrogens with zero attached hydrogens (tertiary/aromatic N) is 2. The quantitative estimate of drug-likeness (QED) is 0.129. The number of H-pyrrole nitrogens is 2. The molecule has 5 aromatic rings. The van der Waals surface area contributed by atoms with Crippen molar-refractivity contribution in [2.75, 3.05) is 23.7 Å². The molecule has 0 saturated heterocycles. The maximum Gasteiger partial charge on any atom is 0.170 e. The standard InChI is InChI=1S/C28H30N8S2/c1-3-13-29-27(37)31-17-9-11-21-23(15-17)35-25(33-21)19-7-5-6-8-20(19)26-34-22-12-10-18(16-24(22)36-26)32-28(38)30-14-4-2/h5-12,15-16H,3-4,13-14H2,1-2H3,(H,33,35)(H,34,36)(H2,29,31,37)(H2,30,32,38). The number of hydrogen-bond donors (Lipinski definition) is 6. The molecular weight excluding hydrogens is 512 g/mol. The van der Waals surface area contributed by atoms with E-state index in [9.17, 15) is 0 Å². The largest absolute Gasteiger partial charge is 0.362 e. The Morgan fingerprint density at radius 3 is 1.55 bits per heavy atom. The number of fused-ring (bicyclic) bond motifs is 2. The van der Waals surface area contributed by atoms with Gasteiger partial charge in [-0.15, -0.1) is 0 Å². The molecule has 5 rings (SSSR count). The second kappa shape index (κ2) is 11.6. The van der Waals surface area contributed by atoms with Crippen molar-refractivity contribution < 1.29 is 0 Å². The van der Waals surface area contributed by atoms with Gasteiger partial charge in [0, 0.05) is 35.6 Å². The van der Waals surface area contributed by atoms with Crippen LogP contribution in [-0.4, -0.2) is 43.3 Å². The Bertz CT molecular complexity index is 1480. The first-order valence-corrected chi connectivity index (χ1v) is 13.5. The van der Waals surface area contributed by atoms with Crippen LogP contribution in [0.2, 0.25) is 0 Å². The van der Waals surface area contributed by atoms with Gasteiger partial charge < -0.3 is 31.2 Å². The molecule has 0 aliphatic heterocycles. The minimum atomic E-state index is 0.610. The highest BCUT2D eigenvalue weighted by atomic mass is 32.1. The summed E-state index contributed by atoms with van der Waals surface area (Å²) >= 11 is 10.8. The molecule has 0 aliphatic rings. The molecule has 38 heavy (non-hydrogen) atoms. The van der Waals surface area contributed by atoms with Gasteiger partial charge in [-0.2, -0.15) is 0 Å². The number of nitrogens with one attached hydrogen (secondary N) is 6. The Kier molecular flexibility index (Phi) is 7.81. The van der Waals surface area contributed by atoms with Crippen LogP contribution >= 0.6 is 24.4 Å². The average molecular weight is 543 g/mol.